The van der Waals surface area contributed by atoms with Crippen molar-refractivity contribution in [1.82, 2.24) is 0 Å². The first-order valence-electron chi connectivity index (χ1n) is 0. The number of hydrogen-bond donors (Lipinski definition) is 0. The van der Waals surface area contributed by atoms with Crippen molar-refractivity contribution in [2.75, 3.05) is 0 Å². The van der Waals surface area contributed by atoms with Crippen LogP contribution in [-0.4, -0.2) is 0 Å². The van der Waals surface area contributed by atoms with Crippen LogP contribution in [0.3, 0.4) is 0 Å². The van der Waals surface area contributed by atoms with E-state index in [-0.39, 0.29) is 79.9 Å². The summed E-state index contributed by atoms with van der Waals surface area (Å²) >= 11 is 0. The molecule has 0 saturated heterocycles. The second-order valence-electron chi connectivity index (χ2n) is 0. The van der Waals surface area contributed by atoms with Crippen LogP contribution < -0.4 is 0 Å². The van der Waals surface area contributed by atoms with Crippen LogP contribution in [0.1, 0.15) is 0 Å². The largest absolute Gasteiger partial charge is 5.00 e. The van der Waals surface area contributed by atoms with Gasteiger partial charge in [-0.15, -0.1) is 0 Å². The molecule has 0 aromatic rings. The van der Waals surface area contributed by atoms with Crippen LogP contribution in [0.5, 0.6) is 0 Å². The molecular weight excluding hydrogens is 296 g/mol. The quantitative estimate of drug-likeness (QED) is 0.537. The first-order valence-corrected chi connectivity index (χ1v) is 0. The summed E-state index contributed by atoms with van der Waals surface area (Å²) in [5.41, 5.74) is 0. The van der Waals surface area contributed by atoms with Gasteiger partial charge in [-0.3, -0.25) is 0 Å². The van der Waals surface area contributed by atoms with Crippen LogP contribution in [0.15, 0.2) is 0 Å². The molecule has 32 valence electrons. The van der Waals surface area contributed by atoms with Crippen molar-refractivity contribution >= 4 is 0 Å². The third kappa shape index (κ3) is 41.8. The van der Waals surface area contributed by atoms with E-state index in [4.69, 9.17) is 0 Å². The van der Waals surface area contributed by atoms with Crippen LogP contribution in [0.2, 0.25) is 0 Å². The van der Waals surface area contributed by atoms with Crippen LogP contribution in [0, 0.1) is 35.6 Å². The van der Waals surface area contributed by atoms with Gasteiger partial charge < -0.3 is 21.9 Å². The van der Waals surface area contributed by atoms with E-state index in [0.29, 0.717) is 0 Å². The molecule has 0 aromatic carbocycles. The Morgan fingerprint density at radius 2 is 0.500 bits per heavy atom. The predicted octanol–water partition coefficient (Wildman–Crippen LogP) is -0.478. The Hall–Kier alpha value is 1.78. The summed E-state index contributed by atoms with van der Waals surface area (Å²) < 4.78 is 0. The second-order valence-corrected chi connectivity index (χ2v) is 0. The van der Waals surface area contributed by atoms with Gasteiger partial charge in [0.1, 0.15) is 0 Å². The zero-order valence-electron chi connectivity index (χ0n) is 2.66. The molecule has 0 spiro atoms. The molecule has 0 atom stereocenters. The zero-order valence-corrected chi connectivity index (χ0v) is 8.48. The van der Waals surface area contributed by atoms with Gasteiger partial charge >= 0.3 is 58.0 Å². The van der Waals surface area contributed by atoms with Gasteiger partial charge in [-0.25, -0.2) is 0 Å². The summed E-state index contributed by atoms with van der Waals surface area (Å²) in [4.78, 5) is 0. The Labute approximate surface area is 79.0 Å². The standard InChI is InChI=1S/La.Nb.4O/q+3;+5;4*-2. The van der Waals surface area contributed by atoms with E-state index in [1.54, 1.807) is 0 Å². The van der Waals surface area contributed by atoms with Gasteiger partial charge in [-0.1, -0.05) is 0 Å². The average molecular weight is 296 g/mol. The van der Waals surface area contributed by atoms with Gasteiger partial charge in [0.15, 0.2) is 0 Å². The molecule has 0 radical (unpaired) electrons. The summed E-state index contributed by atoms with van der Waals surface area (Å²) in [5.74, 6) is 0. The fraction of sp³-hybridized carbons (Fsp3) is 0. The third-order valence-electron chi connectivity index (χ3n) is 0. The predicted molar refractivity (Wildman–Crippen MR) is 2.75 cm³/mol. The molecule has 0 aromatic heterocycles. The molecule has 0 N–H and O–H groups in total. The van der Waals surface area contributed by atoms with Crippen LogP contribution in [0.25, 0.3) is 0 Å². The van der Waals surface area contributed by atoms with Gasteiger partial charge in [0.25, 0.3) is 0 Å². The van der Waals surface area contributed by atoms with Crippen LogP contribution >= 0.6 is 0 Å². The molecule has 0 amide bonds. The van der Waals surface area contributed by atoms with Crippen molar-refractivity contribution in [2.24, 2.45) is 0 Å². The van der Waals surface area contributed by atoms with Gasteiger partial charge in [-0.05, 0) is 0 Å². The second kappa shape index (κ2) is 71.7. The maximum absolute atomic E-state index is 0. The Morgan fingerprint density at radius 1 is 0.500 bits per heavy atom. The monoisotopic (exact) mass is 296 g/mol. The Kier molecular flexibility index (Phi) is 1350. The maximum Gasteiger partial charge on any atom is 5.00 e. The van der Waals surface area contributed by atoms with Gasteiger partial charge in [-0.2, -0.15) is 0 Å². The molecular formula is LaNbO4. The smallest absolute Gasteiger partial charge is 2.00 e. The van der Waals surface area contributed by atoms with E-state index >= 15 is 0 Å². The number of rotatable bonds is 0. The molecule has 4 nitrogen and oxygen atoms in total. The van der Waals surface area contributed by atoms with E-state index in [2.05, 4.69) is 0 Å². The maximum atomic E-state index is 0. The molecule has 0 bridgehead atoms. The van der Waals surface area contributed by atoms with Crippen molar-refractivity contribution < 1.29 is 79.9 Å². The third-order valence-corrected chi connectivity index (χ3v) is 0. The molecule has 0 fully saturated rings. The SMILES string of the molecule is [La+3].[Nb+5].[O-2].[O-2].[O-2].[O-2]. The average Bonchev–Trinajstić information content (AvgIpc) is 0. The summed E-state index contributed by atoms with van der Waals surface area (Å²) in [6.07, 6.45) is 0. The van der Waals surface area contributed by atoms with Crippen molar-refractivity contribution in [3.63, 3.8) is 0 Å². The minimum atomic E-state index is 0. The minimum Gasteiger partial charge on any atom is -2.00 e. The zero-order chi connectivity index (χ0) is 0. The first kappa shape index (κ1) is 113. The fourth-order valence-corrected chi connectivity index (χ4v) is 0. The van der Waals surface area contributed by atoms with Crippen molar-refractivity contribution in [3.05, 3.63) is 0 Å². The Balaban J connectivity index is 0. The van der Waals surface area contributed by atoms with E-state index in [0.717, 1.165) is 0 Å². The summed E-state index contributed by atoms with van der Waals surface area (Å²) in [5, 5.41) is 0. The van der Waals surface area contributed by atoms with Crippen LogP contribution in [-0.2, 0) is 44.3 Å². The van der Waals surface area contributed by atoms with E-state index in [9.17, 15) is 0 Å². The summed E-state index contributed by atoms with van der Waals surface area (Å²) in [6.45, 7) is 0. The van der Waals surface area contributed by atoms with E-state index in [1.807, 2.05) is 0 Å². The summed E-state index contributed by atoms with van der Waals surface area (Å²) in [7, 11) is 0. The van der Waals surface area contributed by atoms with Gasteiger partial charge in [0.05, 0.1) is 0 Å². The van der Waals surface area contributed by atoms with Gasteiger partial charge in [0.2, 0.25) is 0 Å². The molecule has 6 heteroatoms. The van der Waals surface area contributed by atoms with Crippen molar-refractivity contribution in [1.29, 1.82) is 0 Å². The Morgan fingerprint density at radius 3 is 0.500 bits per heavy atom. The van der Waals surface area contributed by atoms with E-state index in [1.165, 1.54) is 0 Å². The first-order chi connectivity index (χ1) is 0. The van der Waals surface area contributed by atoms with Crippen LogP contribution in [0.4, 0.5) is 0 Å². The molecule has 6 heavy (non-hydrogen) atoms. The molecule has 0 aliphatic carbocycles. The van der Waals surface area contributed by atoms with Crippen molar-refractivity contribution in [3.8, 4) is 0 Å². The molecule has 0 aliphatic heterocycles. The molecule has 0 unspecified atom stereocenters. The van der Waals surface area contributed by atoms with E-state index < -0.39 is 0 Å². The topological polar surface area (TPSA) is 114 Å². The van der Waals surface area contributed by atoms with Gasteiger partial charge in [0, 0.05) is 0 Å². The molecule has 0 rings (SSSR count). The minimum absolute atomic E-state index is 0. The van der Waals surface area contributed by atoms with Crippen molar-refractivity contribution in [2.45, 2.75) is 0 Å². The molecule has 0 aliphatic rings. The fourth-order valence-electron chi connectivity index (χ4n) is 0. The molecule has 0 saturated carbocycles. The summed E-state index contributed by atoms with van der Waals surface area (Å²) in [6, 6.07) is 0. The molecule has 0 heterocycles. The normalized spacial score (nSPS) is 0. The number of hydrogen-bond acceptors (Lipinski definition) is 0. The Bertz CT molecular complexity index is 7.51.